The van der Waals surface area contributed by atoms with Crippen molar-refractivity contribution in [2.75, 3.05) is 0 Å². The third kappa shape index (κ3) is 4.42. The van der Waals surface area contributed by atoms with Crippen molar-refractivity contribution in [1.29, 1.82) is 0 Å². The highest BCUT2D eigenvalue weighted by Crippen LogP contribution is 2.62. The van der Waals surface area contributed by atoms with Crippen LogP contribution in [-0.2, 0) is 5.41 Å². The highest BCUT2D eigenvalue weighted by molar-refractivity contribution is 7.99. The fourth-order valence-corrected chi connectivity index (χ4v) is 9.02. The molecule has 6 aromatic carbocycles. The first-order valence-electron chi connectivity index (χ1n) is 16.9. The van der Waals surface area contributed by atoms with Gasteiger partial charge in [0.15, 0.2) is 5.82 Å². The van der Waals surface area contributed by atoms with Crippen molar-refractivity contribution in [1.82, 2.24) is 15.0 Å². The molecule has 3 heterocycles. The second-order valence-electron chi connectivity index (χ2n) is 12.8. The van der Waals surface area contributed by atoms with E-state index in [-0.39, 0.29) is 0 Å². The third-order valence-electron chi connectivity index (χ3n) is 10.0. The number of hydrogen-bond acceptors (Lipinski definition) is 4. The summed E-state index contributed by atoms with van der Waals surface area (Å²) in [5.74, 6) is 0.680. The van der Waals surface area contributed by atoms with Crippen LogP contribution >= 0.6 is 11.8 Å². The van der Waals surface area contributed by atoms with Crippen LogP contribution in [0.2, 0.25) is 0 Å². The number of benzene rings is 6. The summed E-state index contributed by atoms with van der Waals surface area (Å²) in [6.45, 7) is 0. The fraction of sp³-hybridized carbons (Fsp3) is 0.0217. The number of hydrogen-bond donors (Lipinski definition) is 0. The lowest BCUT2D eigenvalue weighted by atomic mass is 9.67. The highest BCUT2D eigenvalue weighted by Gasteiger charge is 2.50. The van der Waals surface area contributed by atoms with Gasteiger partial charge in [-0.25, -0.2) is 9.97 Å². The summed E-state index contributed by atoms with van der Waals surface area (Å²) in [5, 5.41) is 0. The Bertz CT molecular complexity index is 2480. The molecule has 234 valence electrons. The zero-order chi connectivity index (χ0) is 33.1. The van der Waals surface area contributed by atoms with Gasteiger partial charge < -0.3 is 0 Å². The standard InChI is InChI=1S/C46H29N3S/c1-2-13-30(14-3-1)45-48-41(29-42(49-45)40-22-10-11-26-47-40)33-16-12-15-31(27-33)32-24-25-44-39(28-32)46(38-21-8-9-23-43(38)50-44)36-19-6-4-17-34(36)35-18-5-7-20-37(35)46/h1-29H. The van der Waals surface area contributed by atoms with Crippen LogP contribution in [0.1, 0.15) is 22.3 Å². The van der Waals surface area contributed by atoms with Crippen LogP contribution in [0.15, 0.2) is 186 Å². The van der Waals surface area contributed by atoms with Crippen molar-refractivity contribution in [3.63, 3.8) is 0 Å². The van der Waals surface area contributed by atoms with E-state index in [4.69, 9.17) is 9.97 Å². The zero-order valence-electron chi connectivity index (χ0n) is 27.0. The average molecular weight is 656 g/mol. The van der Waals surface area contributed by atoms with Crippen LogP contribution in [0.4, 0.5) is 0 Å². The topological polar surface area (TPSA) is 38.7 Å². The molecule has 1 spiro atoms. The molecule has 3 nitrogen and oxygen atoms in total. The second-order valence-corrected chi connectivity index (χ2v) is 13.9. The molecule has 0 amide bonds. The van der Waals surface area contributed by atoms with Crippen molar-refractivity contribution in [3.8, 4) is 56.3 Å². The molecule has 2 aliphatic rings. The Morgan fingerprint density at radius 3 is 1.78 bits per heavy atom. The molecule has 0 N–H and O–H groups in total. The second kappa shape index (κ2) is 11.5. The van der Waals surface area contributed by atoms with Crippen LogP contribution in [-0.4, -0.2) is 15.0 Å². The summed E-state index contributed by atoms with van der Waals surface area (Å²) in [6, 6.07) is 60.8. The van der Waals surface area contributed by atoms with Crippen LogP contribution in [0.3, 0.4) is 0 Å². The van der Waals surface area contributed by atoms with Gasteiger partial charge in [0.1, 0.15) is 0 Å². The largest absolute Gasteiger partial charge is 0.255 e. The summed E-state index contributed by atoms with van der Waals surface area (Å²) in [4.78, 5) is 17.3. The number of fused-ring (bicyclic) bond motifs is 9. The molecule has 1 aliphatic carbocycles. The monoisotopic (exact) mass is 655 g/mol. The molecule has 0 bridgehead atoms. The molecular formula is C46H29N3S. The maximum Gasteiger partial charge on any atom is 0.160 e. The Kier molecular flexibility index (Phi) is 6.64. The SMILES string of the molecule is c1ccc(-c2nc(-c3cccc(-c4ccc5c(c4)C4(c6ccccc6S5)c5ccccc5-c5ccccc54)c3)cc(-c3ccccn3)n2)cc1. The lowest BCUT2D eigenvalue weighted by molar-refractivity contribution is 0.723. The molecule has 0 unspecified atom stereocenters. The van der Waals surface area contributed by atoms with Gasteiger partial charge in [0, 0.05) is 27.1 Å². The van der Waals surface area contributed by atoms with E-state index in [2.05, 4.69) is 138 Å². The summed E-state index contributed by atoms with van der Waals surface area (Å²) in [5.41, 5.74) is 14.4. The lowest BCUT2D eigenvalue weighted by Gasteiger charge is -2.40. The van der Waals surface area contributed by atoms with Gasteiger partial charge in [-0.05, 0) is 87.0 Å². The molecule has 1 aliphatic heterocycles. The minimum absolute atomic E-state index is 0.410. The van der Waals surface area contributed by atoms with Crippen LogP contribution in [0.5, 0.6) is 0 Å². The summed E-state index contributed by atoms with van der Waals surface area (Å²) < 4.78 is 0. The molecular weight excluding hydrogens is 627 g/mol. The molecule has 2 aromatic heterocycles. The normalized spacial score (nSPS) is 13.3. The zero-order valence-corrected chi connectivity index (χ0v) is 27.8. The van der Waals surface area contributed by atoms with Gasteiger partial charge in [0.2, 0.25) is 0 Å². The van der Waals surface area contributed by atoms with E-state index in [1.54, 1.807) is 6.20 Å². The van der Waals surface area contributed by atoms with Crippen molar-refractivity contribution >= 4 is 11.8 Å². The number of nitrogens with zero attached hydrogens (tertiary/aromatic N) is 3. The first-order chi connectivity index (χ1) is 24.8. The molecule has 0 radical (unpaired) electrons. The molecule has 4 heteroatoms. The Balaban J connectivity index is 1.15. The quantitative estimate of drug-likeness (QED) is 0.189. The van der Waals surface area contributed by atoms with Crippen LogP contribution < -0.4 is 0 Å². The minimum atomic E-state index is -0.410. The predicted molar refractivity (Wildman–Crippen MR) is 203 cm³/mol. The van der Waals surface area contributed by atoms with Gasteiger partial charge in [0.25, 0.3) is 0 Å². The Morgan fingerprint density at radius 1 is 0.380 bits per heavy atom. The molecule has 0 fully saturated rings. The van der Waals surface area contributed by atoms with Gasteiger partial charge in [-0.1, -0.05) is 139 Å². The van der Waals surface area contributed by atoms with Gasteiger partial charge in [-0.2, -0.15) is 0 Å². The van der Waals surface area contributed by atoms with E-state index < -0.39 is 5.41 Å². The maximum atomic E-state index is 5.10. The molecule has 0 atom stereocenters. The summed E-state index contributed by atoms with van der Waals surface area (Å²) >= 11 is 1.87. The van der Waals surface area contributed by atoms with Crippen LogP contribution in [0, 0.1) is 0 Å². The van der Waals surface area contributed by atoms with Crippen molar-refractivity contribution in [2.24, 2.45) is 0 Å². The Labute approximate surface area is 295 Å². The first kappa shape index (κ1) is 28.9. The Morgan fingerprint density at radius 2 is 1.00 bits per heavy atom. The van der Waals surface area contributed by atoms with Crippen molar-refractivity contribution < 1.29 is 0 Å². The van der Waals surface area contributed by atoms with E-state index in [1.807, 2.05) is 48.2 Å². The van der Waals surface area contributed by atoms with E-state index in [9.17, 15) is 0 Å². The molecule has 10 rings (SSSR count). The smallest absolute Gasteiger partial charge is 0.160 e. The number of rotatable bonds is 4. The van der Waals surface area contributed by atoms with E-state index in [1.165, 1.54) is 48.7 Å². The average Bonchev–Trinajstić information content (AvgIpc) is 3.49. The van der Waals surface area contributed by atoms with Gasteiger partial charge >= 0.3 is 0 Å². The predicted octanol–water partition coefficient (Wildman–Crippen LogP) is 11.4. The number of aromatic nitrogens is 3. The fourth-order valence-electron chi connectivity index (χ4n) is 7.85. The van der Waals surface area contributed by atoms with E-state index >= 15 is 0 Å². The van der Waals surface area contributed by atoms with Gasteiger partial charge in [-0.15, -0.1) is 0 Å². The van der Waals surface area contributed by atoms with E-state index in [0.717, 1.165) is 33.8 Å². The van der Waals surface area contributed by atoms with Crippen molar-refractivity contribution in [2.45, 2.75) is 15.2 Å². The lowest BCUT2D eigenvalue weighted by Crippen LogP contribution is -2.32. The maximum absolute atomic E-state index is 5.10. The van der Waals surface area contributed by atoms with Gasteiger partial charge in [0.05, 0.1) is 22.5 Å². The highest BCUT2D eigenvalue weighted by atomic mass is 32.2. The summed E-state index contributed by atoms with van der Waals surface area (Å²) in [6.07, 6.45) is 1.81. The Hall–Kier alpha value is -6.10. The molecule has 50 heavy (non-hydrogen) atoms. The third-order valence-corrected chi connectivity index (χ3v) is 11.2. The first-order valence-corrected chi connectivity index (χ1v) is 17.7. The molecule has 0 saturated carbocycles. The van der Waals surface area contributed by atoms with Crippen molar-refractivity contribution in [3.05, 3.63) is 198 Å². The molecule has 8 aromatic rings. The van der Waals surface area contributed by atoms with E-state index in [0.29, 0.717) is 5.82 Å². The molecule has 0 saturated heterocycles. The minimum Gasteiger partial charge on any atom is -0.255 e. The number of pyridine rings is 1. The van der Waals surface area contributed by atoms with Gasteiger partial charge in [-0.3, -0.25) is 4.98 Å². The summed E-state index contributed by atoms with van der Waals surface area (Å²) in [7, 11) is 0. The van der Waals surface area contributed by atoms with Crippen LogP contribution in [0.25, 0.3) is 56.3 Å².